The first-order valence-electron chi connectivity index (χ1n) is 6.11. The molecule has 0 heterocycles. The third-order valence-corrected chi connectivity index (χ3v) is 3.42. The van der Waals surface area contributed by atoms with Gasteiger partial charge in [-0.25, -0.2) is 0 Å². The second-order valence-corrected chi connectivity index (χ2v) is 5.41. The summed E-state index contributed by atoms with van der Waals surface area (Å²) < 4.78 is 36.7. The van der Waals surface area contributed by atoms with Gasteiger partial charge in [-0.05, 0) is 47.7 Å². The fourth-order valence-electron chi connectivity index (χ4n) is 1.73. The van der Waals surface area contributed by atoms with Crippen LogP contribution in [0.3, 0.4) is 0 Å². The molecule has 0 aliphatic rings. The molecule has 0 saturated heterocycles. The predicted octanol–water partition coefficient (Wildman–Crippen LogP) is 4.89. The Morgan fingerprint density at radius 2 is 1.81 bits per heavy atom. The molecule has 0 saturated carbocycles. The third-order valence-electron chi connectivity index (χ3n) is 2.68. The smallest absolute Gasteiger partial charge is 0.381 e. The summed E-state index contributed by atoms with van der Waals surface area (Å²) in [5.74, 6) is 2.55. The molecule has 1 nitrogen and oxygen atoms in total. The van der Waals surface area contributed by atoms with Crippen LogP contribution in [-0.2, 0) is 6.54 Å². The van der Waals surface area contributed by atoms with Crippen LogP contribution in [-0.4, -0.2) is 5.51 Å². The van der Waals surface area contributed by atoms with E-state index in [0.717, 1.165) is 16.8 Å². The lowest BCUT2D eigenvalue weighted by molar-refractivity contribution is -0.0328. The number of halogens is 3. The van der Waals surface area contributed by atoms with E-state index in [1.165, 1.54) is 12.1 Å². The lowest BCUT2D eigenvalue weighted by atomic mass is 10.2. The van der Waals surface area contributed by atoms with Crippen molar-refractivity contribution < 1.29 is 13.2 Å². The first-order chi connectivity index (χ1) is 9.96. The highest BCUT2D eigenvalue weighted by atomic mass is 32.2. The number of hydrogen-bond donors (Lipinski definition) is 1. The molecule has 1 N–H and O–H groups in total. The van der Waals surface area contributed by atoms with E-state index in [-0.39, 0.29) is 16.7 Å². The molecule has 0 bridgehead atoms. The van der Waals surface area contributed by atoms with Crippen molar-refractivity contribution in [3.8, 4) is 12.3 Å². The minimum Gasteiger partial charge on any atom is -0.381 e. The first kappa shape index (κ1) is 15.3. The molecule has 5 heteroatoms. The number of rotatable bonds is 4. The van der Waals surface area contributed by atoms with Gasteiger partial charge in [-0.1, -0.05) is 24.1 Å². The number of benzene rings is 2. The highest BCUT2D eigenvalue weighted by molar-refractivity contribution is 8.00. The van der Waals surface area contributed by atoms with Crippen molar-refractivity contribution in [1.82, 2.24) is 0 Å². The minimum atomic E-state index is -4.25. The fraction of sp³-hybridized carbons (Fsp3) is 0.125. The maximum atomic E-state index is 12.2. The largest absolute Gasteiger partial charge is 0.446 e. The molecule has 0 aromatic heterocycles. The second kappa shape index (κ2) is 6.59. The zero-order valence-corrected chi connectivity index (χ0v) is 11.8. The maximum absolute atomic E-state index is 12.2. The minimum absolute atomic E-state index is 0.114. The number of alkyl halides is 3. The lowest BCUT2D eigenvalue weighted by Gasteiger charge is -2.09. The van der Waals surface area contributed by atoms with Crippen LogP contribution in [0.25, 0.3) is 0 Å². The monoisotopic (exact) mass is 307 g/mol. The second-order valence-electron chi connectivity index (χ2n) is 4.27. The van der Waals surface area contributed by atoms with Crippen molar-refractivity contribution in [1.29, 1.82) is 0 Å². The number of anilines is 1. The highest BCUT2D eigenvalue weighted by Crippen LogP contribution is 2.36. The molecular weight excluding hydrogens is 295 g/mol. The normalized spacial score (nSPS) is 11.0. The Hall–Kier alpha value is -2.06. The Balaban J connectivity index is 1.96. The molecule has 0 amide bonds. The van der Waals surface area contributed by atoms with E-state index in [1.54, 1.807) is 12.1 Å². The van der Waals surface area contributed by atoms with Gasteiger partial charge < -0.3 is 5.32 Å². The molecule has 0 atom stereocenters. The molecule has 2 rings (SSSR count). The average Bonchev–Trinajstić information content (AvgIpc) is 2.45. The topological polar surface area (TPSA) is 12.0 Å². The number of hydrogen-bond acceptors (Lipinski definition) is 2. The van der Waals surface area contributed by atoms with Gasteiger partial charge in [-0.15, -0.1) is 6.42 Å². The number of terminal acetylenes is 1. The standard InChI is InChI=1S/C16H12F3NS/c1-2-12-4-3-5-14(10-12)20-11-13-6-8-15(9-7-13)21-16(17,18)19/h1,3-10,20H,11H2. The van der Waals surface area contributed by atoms with Gasteiger partial charge in [0, 0.05) is 22.7 Å². The zero-order valence-electron chi connectivity index (χ0n) is 10.9. The number of thioether (sulfide) groups is 1. The average molecular weight is 307 g/mol. The van der Waals surface area contributed by atoms with Crippen molar-refractivity contribution >= 4 is 17.4 Å². The van der Waals surface area contributed by atoms with Crippen LogP contribution in [0.2, 0.25) is 0 Å². The quantitative estimate of drug-likeness (QED) is 0.637. The van der Waals surface area contributed by atoms with Crippen LogP contribution in [0.5, 0.6) is 0 Å². The Kier molecular flexibility index (Phi) is 4.81. The maximum Gasteiger partial charge on any atom is 0.446 e. The fourth-order valence-corrected chi connectivity index (χ4v) is 2.27. The first-order valence-corrected chi connectivity index (χ1v) is 6.93. The summed E-state index contributed by atoms with van der Waals surface area (Å²) in [7, 11) is 0. The van der Waals surface area contributed by atoms with E-state index in [0.29, 0.717) is 6.54 Å². The zero-order chi connectivity index (χ0) is 15.3. The van der Waals surface area contributed by atoms with E-state index in [4.69, 9.17) is 6.42 Å². The van der Waals surface area contributed by atoms with Crippen molar-refractivity contribution in [2.45, 2.75) is 16.9 Å². The van der Waals surface area contributed by atoms with Crippen LogP contribution in [0.4, 0.5) is 18.9 Å². The molecule has 108 valence electrons. The summed E-state index contributed by atoms with van der Waals surface area (Å²) in [6.07, 6.45) is 5.32. The van der Waals surface area contributed by atoms with E-state index in [9.17, 15) is 13.2 Å². The molecule has 0 aliphatic carbocycles. The van der Waals surface area contributed by atoms with Gasteiger partial charge in [0.2, 0.25) is 0 Å². The van der Waals surface area contributed by atoms with Gasteiger partial charge in [0.1, 0.15) is 0 Å². The molecule has 2 aromatic rings. The van der Waals surface area contributed by atoms with E-state index >= 15 is 0 Å². The number of nitrogens with one attached hydrogen (secondary N) is 1. The molecule has 0 aliphatic heterocycles. The lowest BCUT2D eigenvalue weighted by Crippen LogP contribution is -2.01. The van der Waals surface area contributed by atoms with E-state index < -0.39 is 5.51 Å². The van der Waals surface area contributed by atoms with Gasteiger partial charge in [0.15, 0.2) is 0 Å². The molecular formula is C16H12F3NS. The van der Waals surface area contributed by atoms with E-state index in [1.807, 2.05) is 24.3 Å². The van der Waals surface area contributed by atoms with Crippen LogP contribution in [0, 0.1) is 12.3 Å². The molecule has 0 fully saturated rings. The summed E-state index contributed by atoms with van der Waals surface area (Å²) in [4.78, 5) is 0.181. The molecule has 0 spiro atoms. The van der Waals surface area contributed by atoms with Gasteiger partial charge in [0.25, 0.3) is 0 Å². The summed E-state index contributed by atoms with van der Waals surface area (Å²) in [5, 5.41) is 3.18. The summed E-state index contributed by atoms with van der Waals surface area (Å²) in [5.41, 5.74) is -1.71. The molecule has 21 heavy (non-hydrogen) atoms. The Morgan fingerprint density at radius 3 is 2.43 bits per heavy atom. The van der Waals surface area contributed by atoms with Gasteiger partial charge in [0.05, 0.1) is 0 Å². The highest BCUT2D eigenvalue weighted by Gasteiger charge is 2.28. The van der Waals surface area contributed by atoms with Crippen LogP contribution in [0.15, 0.2) is 53.4 Å². The van der Waals surface area contributed by atoms with E-state index in [2.05, 4.69) is 11.2 Å². The summed E-state index contributed by atoms with van der Waals surface area (Å²) >= 11 is -0.114. The van der Waals surface area contributed by atoms with Crippen LogP contribution in [0.1, 0.15) is 11.1 Å². The third kappa shape index (κ3) is 5.09. The molecule has 2 aromatic carbocycles. The SMILES string of the molecule is C#Cc1cccc(NCc2ccc(SC(F)(F)F)cc2)c1. The summed E-state index contributed by atoms with van der Waals surface area (Å²) in [6, 6.07) is 13.7. The van der Waals surface area contributed by atoms with Crippen molar-refractivity contribution in [3.05, 3.63) is 59.7 Å². The Morgan fingerprint density at radius 1 is 1.10 bits per heavy atom. The Labute approximate surface area is 125 Å². The van der Waals surface area contributed by atoms with Gasteiger partial charge >= 0.3 is 5.51 Å². The van der Waals surface area contributed by atoms with Gasteiger partial charge in [-0.2, -0.15) is 13.2 Å². The Bertz CT molecular complexity index is 642. The van der Waals surface area contributed by atoms with Crippen molar-refractivity contribution in [2.24, 2.45) is 0 Å². The molecule has 0 radical (unpaired) electrons. The van der Waals surface area contributed by atoms with Crippen LogP contribution < -0.4 is 5.32 Å². The predicted molar refractivity (Wildman–Crippen MR) is 80.1 cm³/mol. The van der Waals surface area contributed by atoms with Gasteiger partial charge in [-0.3, -0.25) is 0 Å². The van der Waals surface area contributed by atoms with Crippen molar-refractivity contribution in [3.63, 3.8) is 0 Å². The van der Waals surface area contributed by atoms with Crippen LogP contribution >= 0.6 is 11.8 Å². The summed E-state index contributed by atoms with van der Waals surface area (Å²) in [6.45, 7) is 0.519. The molecule has 0 unspecified atom stereocenters. The van der Waals surface area contributed by atoms with Crippen molar-refractivity contribution in [2.75, 3.05) is 5.32 Å².